The topological polar surface area (TPSA) is 58.6 Å². The number of rotatable bonds is 12. The molecule has 0 radical (unpaired) electrons. The van der Waals surface area contributed by atoms with E-state index >= 15 is 0 Å². The maximum Gasteiger partial charge on any atom is 0.407 e. The number of ether oxygens (including phenoxy) is 1. The number of hydrogen-bond acceptors (Lipinski definition) is 4. The number of amides is 1. The maximum atomic E-state index is 12.7. The summed E-state index contributed by atoms with van der Waals surface area (Å²) >= 11 is 7.68. The number of thioether (sulfide) groups is 1. The summed E-state index contributed by atoms with van der Waals surface area (Å²) in [4.78, 5) is 13.8. The Morgan fingerprint density at radius 2 is 1.53 bits per heavy atom. The van der Waals surface area contributed by atoms with Gasteiger partial charge in [-0.25, -0.2) is 4.79 Å². The number of benzene rings is 4. The lowest BCUT2D eigenvalue weighted by Gasteiger charge is -2.20. The summed E-state index contributed by atoms with van der Waals surface area (Å²) in [6, 6.07) is 33.9. The minimum atomic E-state index is -0.702. The van der Waals surface area contributed by atoms with Crippen molar-refractivity contribution in [3.63, 3.8) is 0 Å². The van der Waals surface area contributed by atoms with Gasteiger partial charge in [-0.15, -0.1) is 23.4 Å². The van der Waals surface area contributed by atoms with Gasteiger partial charge in [0.15, 0.2) is 0 Å². The van der Waals surface area contributed by atoms with Crippen LogP contribution in [-0.4, -0.2) is 35.0 Å². The smallest absolute Gasteiger partial charge is 0.407 e. The average Bonchev–Trinajstić information content (AvgIpc) is 2.97. The molecule has 1 amide bonds. The molecule has 0 spiro atoms. The minimum absolute atomic E-state index is 0.130. The van der Waals surface area contributed by atoms with E-state index in [2.05, 4.69) is 35.6 Å². The van der Waals surface area contributed by atoms with Crippen LogP contribution in [-0.2, 0) is 17.8 Å². The fraction of sp³-hybridized carbons (Fsp3) is 0.219. The van der Waals surface area contributed by atoms with Crippen LogP contribution in [0.5, 0.6) is 0 Å². The molecule has 3 atom stereocenters. The molecule has 0 saturated heterocycles. The van der Waals surface area contributed by atoms with Gasteiger partial charge in [-0.2, -0.15) is 0 Å². The number of fused-ring (bicyclic) bond motifs is 1. The molecule has 4 aromatic carbocycles. The van der Waals surface area contributed by atoms with Gasteiger partial charge >= 0.3 is 6.09 Å². The first-order chi connectivity index (χ1) is 18.6. The van der Waals surface area contributed by atoms with E-state index < -0.39 is 12.2 Å². The van der Waals surface area contributed by atoms with Crippen molar-refractivity contribution in [2.24, 2.45) is 5.92 Å². The summed E-state index contributed by atoms with van der Waals surface area (Å²) in [5, 5.41) is 15.9. The molecule has 4 nitrogen and oxygen atoms in total. The standard InChI is InChI=1S/C32H32ClNO3S/c33-21-31(35)28(19-24-9-3-1-4-10-24)15-17-29(34-32(36)37-22-25-11-5-2-6-12-25)23-38-30-18-16-26-13-7-8-14-27(26)20-30/h1-18,20,28-29,31,35H,19,21-23H2,(H,34,36)/b17-15+/t28-,29-,31?/m0/s1. The van der Waals surface area contributed by atoms with Crippen LogP contribution in [0.3, 0.4) is 0 Å². The molecule has 1 unspecified atom stereocenters. The zero-order valence-electron chi connectivity index (χ0n) is 21.1. The van der Waals surface area contributed by atoms with Crippen LogP contribution in [0.2, 0.25) is 0 Å². The fourth-order valence-electron chi connectivity index (χ4n) is 4.11. The van der Waals surface area contributed by atoms with E-state index in [4.69, 9.17) is 16.3 Å². The Labute approximate surface area is 233 Å². The lowest BCUT2D eigenvalue weighted by molar-refractivity contribution is 0.138. The Kier molecular flexibility index (Phi) is 10.7. The number of hydrogen-bond donors (Lipinski definition) is 2. The molecule has 4 aromatic rings. The van der Waals surface area contributed by atoms with Crippen molar-refractivity contribution in [1.82, 2.24) is 5.32 Å². The molecular formula is C32H32ClNO3S. The number of alkyl carbamates (subject to hydrolysis) is 1. The number of halogens is 1. The van der Waals surface area contributed by atoms with Gasteiger partial charge in [0.25, 0.3) is 0 Å². The van der Waals surface area contributed by atoms with E-state index in [1.54, 1.807) is 11.8 Å². The molecule has 0 aliphatic heterocycles. The van der Waals surface area contributed by atoms with Crippen LogP contribution >= 0.6 is 23.4 Å². The third-order valence-electron chi connectivity index (χ3n) is 6.22. The SMILES string of the molecule is O=C(N[C@@H](/C=C/[C@@H](Cc1ccccc1)C(O)CCl)CSc1ccc2ccccc2c1)OCc1ccccc1. The third kappa shape index (κ3) is 8.66. The van der Waals surface area contributed by atoms with Crippen molar-refractivity contribution in [3.8, 4) is 0 Å². The number of carbonyl (C=O) groups excluding carboxylic acids is 1. The van der Waals surface area contributed by atoms with Crippen molar-refractivity contribution >= 4 is 40.2 Å². The fourth-order valence-corrected chi connectivity index (χ4v) is 5.28. The van der Waals surface area contributed by atoms with Gasteiger partial charge in [-0.05, 0) is 40.5 Å². The van der Waals surface area contributed by atoms with Crippen molar-refractivity contribution < 1.29 is 14.6 Å². The summed E-state index contributed by atoms with van der Waals surface area (Å²) in [5.41, 5.74) is 2.04. The summed E-state index contributed by atoms with van der Waals surface area (Å²) < 4.78 is 5.48. The lowest BCUT2D eigenvalue weighted by atomic mass is 9.94. The number of nitrogens with one attached hydrogen (secondary N) is 1. The van der Waals surface area contributed by atoms with Gasteiger partial charge < -0.3 is 15.2 Å². The van der Waals surface area contributed by atoms with Gasteiger partial charge in [0.05, 0.1) is 12.1 Å². The highest BCUT2D eigenvalue weighted by molar-refractivity contribution is 7.99. The van der Waals surface area contributed by atoms with Gasteiger partial charge in [0.1, 0.15) is 6.61 Å². The minimum Gasteiger partial charge on any atom is -0.445 e. The normalized spacial score (nSPS) is 13.7. The summed E-state index contributed by atoms with van der Waals surface area (Å²) in [6.45, 7) is 0.197. The molecule has 4 rings (SSSR count). The average molecular weight is 546 g/mol. The highest BCUT2D eigenvalue weighted by Crippen LogP contribution is 2.25. The van der Waals surface area contributed by atoms with Gasteiger partial charge in [0.2, 0.25) is 0 Å². The first-order valence-electron chi connectivity index (χ1n) is 12.7. The third-order valence-corrected chi connectivity index (χ3v) is 7.65. The second-order valence-electron chi connectivity index (χ2n) is 9.09. The van der Waals surface area contributed by atoms with E-state index in [0.717, 1.165) is 16.0 Å². The molecule has 0 aromatic heterocycles. The second-order valence-corrected chi connectivity index (χ2v) is 10.5. The maximum absolute atomic E-state index is 12.7. The van der Waals surface area contributed by atoms with E-state index in [1.165, 1.54) is 10.8 Å². The van der Waals surface area contributed by atoms with E-state index in [9.17, 15) is 9.90 Å². The van der Waals surface area contributed by atoms with Crippen molar-refractivity contribution in [2.45, 2.75) is 30.1 Å². The molecule has 0 saturated carbocycles. The van der Waals surface area contributed by atoms with Crippen LogP contribution in [0.25, 0.3) is 10.8 Å². The van der Waals surface area contributed by atoms with E-state index in [-0.39, 0.29) is 24.4 Å². The zero-order chi connectivity index (χ0) is 26.6. The van der Waals surface area contributed by atoms with Crippen molar-refractivity contribution in [2.75, 3.05) is 11.6 Å². The number of aliphatic hydroxyl groups excluding tert-OH is 1. The van der Waals surface area contributed by atoms with Gasteiger partial charge in [0, 0.05) is 22.4 Å². The molecule has 2 N–H and O–H groups in total. The Bertz CT molecular complexity index is 1320. The first kappa shape index (κ1) is 27.8. The number of aliphatic hydroxyl groups is 1. The van der Waals surface area contributed by atoms with Crippen LogP contribution in [0.4, 0.5) is 4.79 Å². The zero-order valence-corrected chi connectivity index (χ0v) is 22.7. The molecular weight excluding hydrogens is 514 g/mol. The summed E-state index contributed by atoms with van der Waals surface area (Å²) in [5.74, 6) is 0.542. The molecule has 196 valence electrons. The Hall–Kier alpha value is -3.25. The predicted molar refractivity (Wildman–Crippen MR) is 158 cm³/mol. The Morgan fingerprint density at radius 1 is 0.868 bits per heavy atom. The first-order valence-corrected chi connectivity index (χ1v) is 14.2. The lowest BCUT2D eigenvalue weighted by Crippen LogP contribution is -2.36. The van der Waals surface area contributed by atoms with Crippen LogP contribution in [0, 0.1) is 5.92 Å². The molecule has 0 aliphatic rings. The van der Waals surface area contributed by atoms with Crippen LogP contribution < -0.4 is 5.32 Å². The Morgan fingerprint density at radius 3 is 2.24 bits per heavy atom. The van der Waals surface area contributed by atoms with Crippen molar-refractivity contribution in [3.05, 3.63) is 126 Å². The predicted octanol–water partition coefficient (Wildman–Crippen LogP) is 7.24. The molecule has 0 aliphatic carbocycles. The summed E-state index contributed by atoms with van der Waals surface area (Å²) in [6.07, 6.45) is 3.37. The van der Waals surface area contributed by atoms with Crippen LogP contribution in [0.15, 0.2) is 120 Å². The van der Waals surface area contributed by atoms with Crippen molar-refractivity contribution in [1.29, 1.82) is 0 Å². The largest absolute Gasteiger partial charge is 0.445 e. The Balaban J connectivity index is 1.46. The molecule has 6 heteroatoms. The highest BCUT2D eigenvalue weighted by Gasteiger charge is 2.18. The molecule has 0 bridgehead atoms. The van der Waals surface area contributed by atoms with Crippen LogP contribution in [0.1, 0.15) is 11.1 Å². The number of carbonyl (C=O) groups is 1. The molecule has 0 fully saturated rings. The van der Waals surface area contributed by atoms with Gasteiger partial charge in [-0.3, -0.25) is 0 Å². The molecule has 38 heavy (non-hydrogen) atoms. The second kappa shape index (κ2) is 14.6. The van der Waals surface area contributed by atoms with E-state index in [0.29, 0.717) is 12.2 Å². The van der Waals surface area contributed by atoms with Gasteiger partial charge in [-0.1, -0.05) is 103 Å². The number of alkyl halides is 1. The monoisotopic (exact) mass is 545 g/mol. The highest BCUT2D eigenvalue weighted by atomic mass is 35.5. The van der Waals surface area contributed by atoms with E-state index in [1.807, 2.05) is 84.9 Å². The summed E-state index contributed by atoms with van der Waals surface area (Å²) in [7, 11) is 0. The molecule has 0 heterocycles. The quantitative estimate of drug-likeness (QED) is 0.112.